The molecule has 1 atom stereocenters. The van der Waals surface area contributed by atoms with Gasteiger partial charge in [0.05, 0.1) is 52.7 Å². The minimum atomic E-state index is 0.238. The van der Waals surface area contributed by atoms with Crippen molar-refractivity contribution in [2.24, 2.45) is 0 Å². The van der Waals surface area contributed by atoms with Crippen LogP contribution >= 0.6 is 0 Å². The van der Waals surface area contributed by atoms with Crippen molar-refractivity contribution < 1.29 is 28.5 Å². The Morgan fingerprint density at radius 3 is 2.04 bits per heavy atom. The van der Waals surface area contributed by atoms with Gasteiger partial charge in [0.1, 0.15) is 0 Å². The summed E-state index contributed by atoms with van der Waals surface area (Å²) < 4.78 is 25.1. The van der Waals surface area contributed by atoms with E-state index in [9.17, 15) is 4.79 Å². The van der Waals surface area contributed by atoms with Crippen LogP contribution < -0.4 is 0 Å². The fourth-order valence-corrected chi connectivity index (χ4v) is 2.64. The average molecular weight is 378 g/mol. The van der Waals surface area contributed by atoms with Crippen LogP contribution in [0.25, 0.3) is 0 Å². The number of hydrogen-bond donors (Lipinski definition) is 0. The summed E-state index contributed by atoms with van der Waals surface area (Å²) in [5.74, 6) is 0.238. The Kier molecular flexibility index (Phi) is 18.5. The van der Waals surface area contributed by atoms with Crippen molar-refractivity contribution in [3.8, 4) is 0 Å². The predicted octanol–water partition coefficient (Wildman–Crippen LogP) is 2.13. The fraction of sp³-hybridized carbons (Fsp3) is 0.947. The van der Waals surface area contributed by atoms with Gasteiger partial charge in [-0.3, -0.25) is 4.79 Å². The summed E-state index contributed by atoms with van der Waals surface area (Å²) in [6.07, 6.45) is 3.87. The molecule has 26 heavy (non-hydrogen) atoms. The summed E-state index contributed by atoms with van der Waals surface area (Å²) in [4.78, 5) is 13.9. The van der Waals surface area contributed by atoms with Gasteiger partial charge in [-0.25, -0.2) is 0 Å². The summed E-state index contributed by atoms with van der Waals surface area (Å²) >= 11 is 0. The van der Waals surface area contributed by atoms with Gasteiger partial charge in [-0.15, -0.1) is 0 Å². The maximum atomic E-state index is 11.9. The van der Waals surface area contributed by atoms with Crippen LogP contribution in [0.3, 0.4) is 0 Å². The first-order valence-electron chi connectivity index (χ1n) is 9.71. The Labute approximate surface area is 159 Å². The summed E-state index contributed by atoms with van der Waals surface area (Å²) in [7, 11) is 3.30. The van der Waals surface area contributed by atoms with Crippen molar-refractivity contribution in [3.05, 3.63) is 0 Å². The molecule has 1 unspecified atom stereocenters. The third-order valence-corrected chi connectivity index (χ3v) is 4.07. The molecule has 156 valence electrons. The van der Waals surface area contributed by atoms with Gasteiger partial charge < -0.3 is 28.6 Å². The zero-order valence-electron chi connectivity index (χ0n) is 17.2. The summed E-state index contributed by atoms with van der Waals surface area (Å²) in [6, 6.07) is 0.464. The number of carbonyl (C=O) groups excluding carboxylic acids is 1. The summed E-state index contributed by atoms with van der Waals surface area (Å²) in [6.45, 7) is 10.1. The average Bonchev–Trinajstić information content (AvgIpc) is 3.14. The standard InChI is InChI=1S/C12H23NO3.C7H16O3/c1-3-11-5-4-7-13(11)12(14)6-8-16-10-9-15-2;1-3-9-6-7-10-5-4-8-2/h11H,3-10H2,1-2H3;3-7H2,1-2H3. The largest absolute Gasteiger partial charge is 0.382 e. The van der Waals surface area contributed by atoms with E-state index >= 15 is 0 Å². The second kappa shape index (κ2) is 19.0. The minimum absolute atomic E-state index is 0.238. The molecule has 0 aromatic carbocycles. The SMILES string of the molecule is CCC1CCCN1C(=O)CCOCCOC.CCOCCOCCOC. The molecule has 1 aliphatic heterocycles. The summed E-state index contributed by atoms with van der Waals surface area (Å²) in [5.41, 5.74) is 0. The fourth-order valence-electron chi connectivity index (χ4n) is 2.64. The van der Waals surface area contributed by atoms with Crippen LogP contribution in [0.5, 0.6) is 0 Å². The van der Waals surface area contributed by atoms with Crippen LogP contribution in [0.1, 0.15) is 39.5 Å². The Morgan fingerprint density at radius 2 is 1.46 bits per heavy atom. The number of rotatable bonds is 14. The number of methoxy groups -OCH3 is 2. The molecular weight excluding hydrogens is 338 g/mol. The first-order valence-corrected chi connectivity index (χ1v) is 9.71. The molecule has 1 saturated heterocycles. The highest BCUT2D eigenvalue weighted by Crippen LogP contribution is 2.20. The molecule has 0 spiro atoms. The second-order valence-corrected chi connectivity index (χ2v) is 5.95. The quantitative estimate of drug-likeness (QED) is 0.432. The van der Waals surface area contributed by atoms with E-state index in [0.29, 0.717) is 58.7 Å². The Hall–Kier alpha value is -0.730. The lowest BCUT2D eigenvalue weighted by Crippen LogP contribution is -2.35. The van der Waals surface area contributed by atoms with Crippen molar-refractivity contribution in [3.63, 3.8) is 0 Å². The second-order valence-electron chi connectivity index (χ2n) is 5.95. The van der Waals surface area contributed by atoms with Gasteiger partial charge in [-0.05, 0) is 26.2 Å². The number of nitrogens with zero attached hydrogens (tertiary/aromatic N) is 1. The topological polar surface area (TPSA) is 66.5 Å². The Bertz CT molecular complexity index is 308. The van der Waals surface area contributed by atoms with E-state index in [1.54, 1.807) is 14.2 Å². The van der Waals surface area contributed by atoms with Crippen LogP contribution in [0.2, 0.25) is 0 Å². The van der Waals surface area contributed by atoms with E-state index in [0.717, 1.165) is 32.4 Å². The first-order chi connectivity index (χ1) is 12.7. The molecule has 0 bridgehead atoms. The molecular formula is C19H39NO6. The monoisotopic (exact) mass is 377 g/mol. The maximum absolute atomic E-state index is 11.9. The van der Waals surface area contributed by atoms with E-state index in [1.807, 2.05) is 11.8 Å². The highest BCUT2D eigenvalue weighted by molar-refractivity contribution is 5.76. The van der Waals surface area contributed by atoms with Gasteiger partial charge in [-0.2, -0.15) is 0 Å². The third kappa shape index (κ3) is 13.5. The van der Waals surface area contributed by atoms with Gasteiger partial charge in [0.15, 0.2) is 0 Å². The zero-order chi connectivity index (χ0) is 19.5. The minimum Gasteiger partial charge on any atom is -0.382 e. The molecule has 0 aromatic rings. The van der Waals surface area contributed by atoms with Crippen LogP contribution in [-0.2, 0) is 28.5 Å². The zero-order valence-corrected chi connectivity index (χ0v) is 17.2. The van der Waals surface area contributed by atoms with Crippen LogP contribution in [-0.4, -0.2) is 90.5 Å². The van der Waals surface area contributed by atoms with E-state index in [2.05, 4.69) is 6.92 Å². The molecule has 1 rings (SSSR count). The molecule has 1 amide bonds. The lowest BCUT2D eigenvalue weighted by molar-refractivity contribution is -0.133. The molecule has 1 aliphatic rings. The lowest BCUT2D eigenvalue weighted by atomic mass is 10.1. The van der Waals surface area contributed by atoms with Crippen LogP contribution in [0, 0.1) is 0 Å². The smallest absolute Gasteiger partial charge is 0.225 e. The highest BCUT2D eigenvalue weighted by atomic mass is 16.5. The molecule has 0 N–H and O–H groups in total. The van der Waals surface area contributed by atoms with Crippen LogP contribution in [0.15, 0.2) is 0 Å². The Morgan fingerprint density at radius 1 is 0.885 bits per heavy atom. The third-order valence-electron chi connectivity index (χ3n) is 4.07. The predicted molar refractivity (Wildman–Crippen MR) is 102 cm³/mol. The van der Waals surface area contributed by atoms with Gasteiger partial charge >= 0.3 is 0 Å². The van der Waals surface area contributed by atoms with E-state index < -0.39 is 0 Å². The molecule has 0 radical (unpaired) electrons. The lowest BCUT2D eigenvalue weighted by Gasteiger charge is -2.23. The number of likely N-dealkylation sites (tertiary alicyclic amines) is 1. The molecule has 0 saturated carbocycles. The Balaban J connectivity index is 0.000000541. The summed E-state index contributed by atoms with van der Waals surface area (Å²) in [5, 5.41) is 0. The van der Waals surface area contributed by atoms with Gasteiger partial charge in [0.25, 0.3) is 0 Å². The molecule has 7 nitrogen and oxygen atoms in total. The van der Waals surface area contributed by atoms with Gasteiger partial charge in [0, 0.05) is 33.4 Å². The molecule has 1 heterocycles. The van der Waals surface area contributed by atoms with Crippen molar-refractivity contribution in [2.75, 3.05) is 73.6 Å². The molecule has 7 heteroatoms. The van der Waals surface area contributed by atoms with E-state index in [-0.39, 0.29) is 5.91 Å². The van der Waals surface area contributed by atoms with Crippen molar-refractivity contribution >= 4 is 5.91 Å². The normalized spacial score (nSPS) is 16.5. The number of carbonyl (C=O) groups is 1. The number of amides is 1. The van der Waals surface area contributed by atoms with Crippen molar-refractivity contribution in [2.45, 2.75) is 45.6 Å². The maximum Gasteiger partial charge on any atom is 0.225 e. The van der Waals surface area contributed by atoms with E-state index in [1.165, 1.54) is 0 Å². The molecule has 0 aliphatic carbocycles. The van der Waals surface area contributed by atoms with E-state index in [4.69, 9.17) is 23.7 Å². The molecule has 0 aromatic heterocycles. The van der Waals surface area contributed by atoms with Crippen LogP contribution in [0.4, 0.5) is 0 Å². The van der Waals surface area contributed by atoms with Gasteiger partial charge in [-0.1, -0.05) is 6.92 Å². The number of ether oxygens (including phenoxy) is 5. The van der Waals surface area contributed by atoms with Gasteiger partial charge in [0.2, 0.25) is 5.91 Å². The van der Waals surface area contributed by atoms with Crippen molar-refractivity contribution in [1.82, 2.24) is 4.90 Å². The first kappa shape index (κ1) is 25.3. The highest BCUT2D eigenvalue weighted by Gasteiger charge is 2.26. The van der Waals surface area contributed by atoms with Crippen molar-refractivity contribution in [1.29, 1.82) is 0 Å². The molecule has 1 fully saturated rings. The number of hydrogen-bond acceptors (Lipinski definition) is 6.